The maximum absolute atomic E-state index is 13.0. The van der Waals surface area contributed by atoms with E-state index < -0.39 is 10.0 Å². The summed E-state index contributed by atoms with van der Waals surface area (Å²) in [6.45, 7) is 5.93. The number of anilines is 1. The van der Waals surface area contributed by atoms with Crippen molar-refractivity contribution in [3.8, 4) is 0 Å². The number of aromatic nitrogens is 3. The highest BCUT2D eigenvalue weighted by atomic mass is 32.2. The molecule has 3 aromatic rings. The average Bonchev–Trinajstić information content (AvgIpc) is 3.44. The van der Waals surface area contributed by atoms with Crippen LogP contribution in [0.25, 0.3) is 11.0 Å². The van der Waals surface area contributed by atoms with Crippen LogP contribution in [0.1, 0.15) is 50.5 Å². The number of benzene rings is 1. The SMILES string of the molecule is CCCCn1c(CCC(=O)Nc2cccc(C)n2)nc2cc(S(=O)(=O)N3CCCC3)ccc21. The van der Waals surface area contributed by atoms with Crippen molar-refractivity contribution in [2.24, 2.45) is 0 Å². The maximum Gasteiger partial charge on any atom is 0.243 e. The largest absolute Gasteiger partial charge is 0.328 e. The molecule has 2 aromatic heterocycles. The zero-order valence-electron chi connectivity index (χ0n) is 19.2. The van der Waals surface area contributed by atoms with E-state index >= 15 is 0 Å². The van der Waals surface area contributed by atoms with Crippen LogP contribution < -0.4 is 5.32 Å². The van der Waals surface area contributed by atoms with Crippen LogP contribution in [0.4, 0.5) is 5.82 Å². The highest BCUT2D eigenvalue weighted by molar-refractivity contribution is 7.89. The van der Waals surface area contributed by atoms with Crippen molar-refractivity contribution in [2.75, 3.05) is 18.4 Å². The summed E-state index contributed by atoms with van der Waals surface area (Å²) in [5, 5.41) is 2.84. The van der Waals surface area contributed by atoms with Gasteiger partial charge in [0, 0.05) is 38.2 Å². The molecule has 4 rings (SSSR count). The van der Waals surface area contributed by atoms with Crippen molar-refractivity contribution in [1.29, 1.82) is 0 Å². The fourth-order valence-electron chi connectivity index (χ4n) is 4.20. The number of hydrogen-bond donors (Lipinski definition) is 1. The molecule has 1 saturated heterocycles. The van der Waals surface area contributed by atoms with Gasteiger partial charge >= 0.3 is 0 Å². The van der Waals surface area contributed by atoms with Crippen molar-refractivity contribution in [1.82, 2.24) is 18.8 Å². The van der Waals surface area contributed by atoms with Crippen LogP contribution in [-0.2, 0) is 27.8 Å². The Morgan fingerprint density at radius 1 is 1.12 bits per heavy atom. The first-order valence-corrected chi connectivity index (χ1v) is 13.1. The Labute approximate surface area is 195 Å². The number of fused-ring (bicyclic) bond motifs is 1. The summed E-state index contributed by atoms with van der Waals surface area (Å²) in [7, 11) is -3.50. The number of nitrogens with one attached hydrogen (secondary N) is 1. The molecule has 0 atom stereocenters. The molecule has 1 N–H and O–H groups in total. The highest BCUT2D eigenvalue weighted by Crippen LogP contribution is 2.26. The normalized spacial score (nSPS) is 14.7. The van der Waals surface area contributed by atoms with Gasteiger partial charge in [0.05, 0.1) is 15.9 Å². The number of nitrogens with zero attached hydrogens (tertiary/aromatic N) is 4. The Bertz CT molecular complexity index is 1250. The summed E-state index contributed by atoms with van der Waals surface area (Å²) < 4.78 is 29.6. The standard InChI is InChI=1S/C24H31N5O3S/c1-3-4-16-29-21-11-10-19(33(31,32)28-14-5-6-15-28)17-20(21)26-23(29)12-13-24(30)27-22-9-7-8-18(2)25-22/h7-11,17H,3-6,12-16H2,1-2H3,(H,25,27,30). The van der Waals surface area contributed by atoms with Crippen LogP contribution in [-0.4, -0.2) is 46.3 Å². The fraction of sp³-hybridized carbons (Fsp3) is 0.458. The van der Waals surface area contributed by atoms with E-state index in [0.29, 0.717) is 30.8 Å². The molecule has 0 unspecified atom stereocenters. The molecule has 1 aliphatic rings. The lowest BCUT2D eigenvalue weighted by molar-refractivity contribution is -0.116. The summed E-state index contributed by atoms with van der Waals surface area (Å²) in [6.07, 6.45) is 4.54. The van der Waals surface area contributed by atoms with Crippen molar-refractivity contribution in [3.05, 3.63) is 47.9 Å². The van der Waals surface area contributed by atoms with Gasteiger partial charge in [0.2, 0.25) is 15.9 Å². The smallest absolute Gasteiger partial charge is 0.243 e. The Morgan fingerprint density at radius 3 is 2.64 bits per heavy atom. The molecule has 0 bridgehead atoms. The molecular formula is C24H31N5O3S. The van der Waals surface area contributed by atoms with E-state index in [-0.39, 0.29) is 17.2 Å². The molecule has 0 radical (unpaired) electrons. The first-order chi connectivity index (χ1) is 15.9. The first-order valence-electron chi connectivity index (χ1n) is 11.6. The quantitative estimate of drug-likeness (QED) is 0.513. The molecule has 1 amide bonds. The summed E-state index contributed by atoms with van der Waals surface area (Å²) in [6, 6.07) is 10.7. The van der Waals surface area contributed by atoms with E-state index in [1.165, 1.54) is 0 Å². The van der Waals surface area contributed by atoms with Crippen LogP contribution in [0.15, 0.2) is 41.3 Å². The van der Waals surface area contributed by atoms with Gasteiger partial charge in [0.25, 0.3) is 0 Å². The lowest BCUT2D eigenvalue weighted by Crippen LogP contribution is -2.27. The van der Waals surface area contributed by atoms with E-state index in [0.717, 1.165) is 49.3 Å². The Hall–Kier alpha value is -2.78. The van der Waals surface area contributed by atoms with Gasteiger partial charge in [-0.1, -0.05) is 19.4 Å². The number of unbranched alkanes of at least 4 members (excludes halogenated alkanes) is 1. The van der Waals surface area contributed by atoms with Crippen molar-refractivity contribution in [2.45, 2.75) is 63.8 Å². The third-order valence-corrected chi connectivity index (χ3v) is 7.86. The van der Waals surface area contributed by atoms with E-state index in [1.54, 1.807) is 22.5 Å². The molecule has 8 nitrogen and oxygen atoms in total. The number of pyridine rings is 1. The van der Waals surface area contributed by atoms with Crippen LogP contribution >= 0.6 is 0 Å². The van der Waals surface area contributed by atoms with Crippen molar-refractivity contribution < 1.29 is 13.2 Å². The second-order valence-electron chi connectivity index (χ2n) is 8.51. The fourth-order valence-corrected chi connectivity index (χ4v) is 5.74. The van der Waals surface area contributed by atoms with Gasteiger partial charge in [0.1, 0.15) is 11.6 Å². The zero-order valence-corrected chi connectivity index (χ0v) is 20.1. The predicted octanol–water partition coefficient (Wildman–Crippen LogP) is 3.90. The topological polar surface area (TPSA) is 97.2 Å². The minimum Gasteiger partial charge on any atom is -0.328 e. The minimum atomic E-state index is -3.50. The predicted molar refractivity (Wildman–Crippen MR) is 129 cm³/mol. The molecule has 0 saturated carbocycles. The number of aryl methyl sites for hydroxylation is 3. The molecule has 1 fully saturated rings. The maximum atomic E-state index is 13.0. The number of carbonyl (C=O) groups is 1. The summed E-state index contributed by atoms with van der Waals surface area (Å²) in [5.74, 6) is 1.21. The number of rotatable bonds is 9. The van der Waals surface area contributed by atoms with Gasteiger partial charge in [-0.25, -0.2) is 18.4 Å². The molecule has 0 aliphatic carbocycles. The van der Waals surface area contributed by atoms with Crippen LogP contribution in [0.5, 0.6) is 0 Å². The number of hydrogen-bond acceptors (Lipinski definition) is 5. The Morgan fingerprint density at radius 2 is 1.91 bits per heavy atom. The average molecular weight is 470 g/mol. The second kappa shape index (κ2) is 10.0. The van der Waals surface area contributed by atoms with Gasteiger partial charge in [-0.3, -0.25) is 4.79 Å². The van der Waals surface area contributed by atoms with E-state index in [4.69, 9.17) is 4.98 Å². The second-order valence-corrected chi connectivity index (χ2v) is 10.4. The van der Waals surface area contributed by atoms with Gasteiger partial charge in [-0.05, 0) is 56.5 Å². The van der Waals surface area contributed by atoms with Gasteiger partial charge in [-0.15, -0.1) is 0 Å². The molecule has 33 heavy (non-hydrogen) atoms. The van der Waals surface area contributed by atoms with E-state index in [1.807, 2.05) is 25.1 Å². The summed E-state index contributed by atoms with van der Waals surface area (Å²) >= 11 is 0. The lowest BCUT2D eigenvalue weighted by Gasteiger charge is -2.15. The van der Waals surface area contributed by atoms with E-state index in [2.05, 4.69) is 21.8 Å². The lowest BCUT2D eigenvalue weighted by atomic mass is 10.2. The Balaban J connectivity index is 1.56. The first kappa shape index (κ1) is 23.4. The van der Waals surface area contributed by atoms with Crippen LogP contribution in [0.3, 0.4) is 0 Å². The third-order valence-electron chi connectivity index (χ3n) is 5.97. The van der Waals surface area contributed by atoms with Crippen molar-refractivity contribution >= 4 is 32.8 Å². The zero-order chi connectivity index (χ0) is 23.4. The molecule has 9 heteroatoms. The molecule has 3 heterocycles. The minimum absolute atomic E-state index is 0.125. The molecule has 1 aromatic carbocycles. The number of amides is 1. The summed E-state index contributed by atoms with van der Waals surface area (Å²) in [4.78, 5) is 21.8. The van der Waals surface area contributed by atoms with Crippen molar-refractivity contribution in [3.63, 3.8) is 0 Å². The Kier molecular flexibility index (Phi) is 7.09. The summed E-state index contributed by atoms with van der Waals surface area (Å²) in [5.41, 5.74) is 2.40. The van der Waals surface area contributed by atoms with Gasteiger partial charge < -0.3 is 9.88 Å². The monoisotopic (exact) mass is 469 g/mol. The number of carbonyl (C=O) groups excluding carboxylic acids is 1. The molecule has 1 aliphatic heterocycles. The number of imidazole rings is 1. The van der Waals surface area contributed by atoms with E-state index in [9.17, 15) is 13.2 Å². The van der Waals surface area contributed by atoms with Crippen LogP contribution in [0.2, 0.25) is 0 Å². The molecule has 176 valence electrons. The molecular weight excluding hydrogens is 438 g/mol. The highest BCUT2D eigenvalue weighted by Gasteiger charge is 2.28. The van der Waals surface area contributed by atoms with Crippen LogP contribution in [0, 0.1) is 6.92 Å². The number of sulfonamides is 1. The van der Waals surface area contributed by atoms with Gasteiger partial charge in [-0.2, -0.15) is 4.31 Å². The van der Waals surface area contributed by atoms with Gasteiger partial charge in [0.15, 0.2) is 0 Å². The third kappa shape index (κ3) is 5.25. The molecule has 0 spiro atoms.